The summed E-state index contributed by atoms with van der Waals surface area (Å²) in [7, 11) is 0. The van der Waals surface area contributed by atoms with Crippen molar-refractivity contribution in [1.29, 1.82) is 0 Å². The van der Waals surface area contributed by atoms with Gasteiger partial charge in [0.15, 0.2) is 0 Å². The van der Waals surface area contributed by atoms with Crippen LogP contribution in [-0.2, 0) is 0 Å². The van der Waals surface area contributed by atoms with Crippen LogP contribution in [0.5, 0.6) is 0 Å². The standard InChI is InChI=1S/C26H20N2S2/c29-25-15-21(11-13-23(25)27-17-19-7-3-1-4-8-19)22-12-14-24(26(30)16-22)28-18-20-9-5-2-6-10-20/h1-18,29-30H/b27-17-,28-18-. The van der Waals surface area contributed by atoms with Crippen LogP contribution in [-0.4, -0.2) is 12.4 Å². The molecule has 0 aliphatic carbocycles. The van der Waals surface area contributed by atoms with Crippen molar-refractivity contribution in [3.63, 3.8) is 0 Å². The lowest BCUT2D eigenvalue weighted by Crippen LogP contribution is -1.83. The molecule has 0 aliphatic heterocycles. The summed E-state index contributed by atoms with van der Waals surface area (Å²) in [6.07, 6.45) is 3.69. The number of hydrogen-bond acceptors (Lipinski definition) is 4. The van der Waals surface area contributed by atoms with Crippen molar-refractivity contribution < 1.29 is 0 Å². The van der Waals surface area contributed by atoms with Gasteiger partial charge >= 0.3 is 0 Å². The summed E-state index contributed by atoms with van der Waals surface area (Å²) in [5.41, 5.74) is 5.91. The van der Waals surface area contributed by atoms with Crippen molar-refractivity contribution in [3.05, 3.63) is 108 Å². The first-order valence-corrected chi connectivity index (χ1v) is 10.4. The van der Waals surface area contributed by atoms with E-state index in [4.69, 9.17) is 0 Å². The molecule has 0 atom stereocenters. The van der Waals surface area contributed by atoms with Gasteiger partial charge in [0.25, 0.3) is 0 Å². The quantitative estimate of drug-likeness (QED) is 0.246. The molecule has 0 fully saturated rings. The summed E-state index contributed by atoms with van der Waals surface area (Å²) in [5.74, 6) is 0. The Morgan fingerprint density at radius 1 is 0.500 bits per heavy atom. The molecule has 4 aromatic rings. The highest BCUT2D eigenvalue weighted by Gasteiger charge is 2.05. The summed E-state index contributed by atoms with van der Waals surface area (Å²) in [6.45, 7) is 0. The highest BCUT2D eigenvalue weighted by molar-refractivity contribution is 7.80. The van der Waals surface area contributed by atoms with Gasteiger partial charge in [-0.05, 0) is 46.5 Å². The second kappa shape index (κ2) is 9.61. The van der Waals surface area contributed by atoms with Crippen LogP contribution in [0.2, 0.25) is 0 Å². The van der Waals surface area contributed by atoms with E-state index in [1.807, 2.05) is 109 Å². The largest absolute Gasteiger partial charge is 0.255 e. The number of rotatable bonds is 5. The molecule has 4 heteroatoms. The van der Waals surface area contributed by atoms with Crippen LogP contribution < -0.4 is 0 Å². The van der Waals surface area contributed by atoms with Gasteiger partial charge in [0.1, 0.15) is 0 Å². The third kappa shape index (κ3) is 5.09. The van der Waals surface area contributed by atoms with Crippen molar-refractivity contribution in [3.8, 4) is 11.1 Å². The minimum Gasteiger partial charge on any atom is -0.255 e. The summed E-state index contributed by atoms with van der Waals surface area (Å²) >= 11 is 9.26. The third-order valence-corrected chi connectivity index (χ3v) is 5.31. The molecular formula is C26H20N2S2. The maximum absolute atomic E-state index is 4.63. The fraction of sp³-hybridized carbons (Fsp3) is 0. The molecule has 0 spiro atoms. The molecule has 0 aromatic heterocycles. The lowest BCUT2D eigenvalue weighted by molar-refractivity contribution is 1.36. The Hall–Kier alpha value is -3.08. The molecule has 30 heavy (non-hydrogen) atoms. The number of thiol groups is 2. The van der Waals surface area contributed by atoms with E-state index in [1.54, 1.807) is 0 Å². The molecule has 0 saturated carbocycles. The summed E-state index contributed by atoms with van der Waals surface area (Å²) < 4.78 is 0. The Kier molecular flexibility index (Phi) is 6.47. The topological polar surface area (TPSA) is 24.7 Å². The zero-order valence-corrected chi connectivity index (χ0v) is 18.0. The predicted molar refractivity (Wildman–Crippen MR) is 134 cm³/mol. The molecule has 0 amide bonds. The van der Waals surface area contributed by atoms with Gasteiger partial charge in [0.05, 0.1) is 11.4 Å². The molecule has 0 bridgehead atoms. The fourth-order valence-electron chi connectivity index (χ4n) is 2.99. The summed E-state index contributed by atoms with van der Waals surface area (Å²) in [5, 5.41) is 0. The summed E-state index contributed by atoms with van der Waals surface area (Å²) in [6, 6.07) is 32.1. The van der Waals surface area contributed by atoms with E-state index >= 15 is 0 Å². The van der Waals surface area contributed by atoms with Gasteiger partial charge in [-0.25, -0.2) is 0 Å². The van der Waals surface area contributed by atoms with E-state index < -0.39 is 0 Å². The van der Waals surface area contributed by atoms with Crippen LogP contribution >= 0.6 is 25.3 Å². The maximum Gasteiger partial charge on any atom is 0.0763 e. The second-order valence-electron chi connectivity index (χ2n) is 6.74. The van der Waals surface area contributed by atoms with Crippen molar-refractivity contribution in [2.24, 2.45) is 9.98 Å². The number of hydrogen-bond donors (Lipinski definition) is 2. The SMILES string of the molecule is Sc1cc(-c2ccc(/N=C\c3ccccc3)c(S)c2)ccc1/N=C\c1ccccc1. The van der Waals surface area contributed by atoms with Crippen LogP contribution in [0.1, 0.15) is 11.1 Å². The van der Waals surface area contributed by atoms with Crippen LogP contribution in [0.25, 0.3) is 11.1 Å². The van der Waals surface area contributed by atoms with Gasteiger partial charge in [-0.15, -0.1) is 25.3 Å². The van der Waals surface area contributed by atoms with E-state index in [9.17, 15) is 0 Å². The molecule has 4 aromatic carbocycles. The molecule has 4 rings (SSSR count). The highest BCUT2D eigenvalue weighted by Crippen LogP contribution is 2.33. The van der Waals surface area contributed by atoms with Gasteiger partial charge < -0.3 is 0 Å². The van der Waals surface area contributed by atoms with Crippen molar-refractivity contribution in [2.75, 3.05) is 0 Å². The lowest BCUT2D eigenvalue weighted by Gasteiger charge is -2.07. The van der Waals surface area contributed by atoms with E-state index in [1.165, 1.54) is 0 Å². The van der Waals surface area contributed by atoms with E-state index in [0.29, 0.717) is 0 Å². The zero-order chi connectivity index (χ0) is 20.8. The van der Waals surface area contributed by atoms with E-state index in [-0.39, 0.29) is 0 Å². The van der Waals surface area contributed by atoms with Gasteiger partial charge in [-0.3, -0.25) is 9.98 Å². The Morgan fingerprint density at radius 2 is 0.900 bits per heavy atom. The molecule has 2 nitrogen and oxygen atoms in total. The molecule has 0 unspecified atom stereocenters. The van der Waals surface area contributed by atoms with Crippen molar-refractivity contribution >= 4 is 49.1 Å². The Morgan fingerprint density at radius 3 is 1.27 bits per heavy atom. The highest BCUT2D eigenvalue weighted by atomic mass is 32.1. The molecule has 0 saturated heterocycles. The monoisotopic (exact) mass is 424 g/mol. The first kappa shape index (κ1) is 20.2. The number of aliphatic imine (C=N–C) groups is 2. The van der Waals surface area contributed by atoms with Gasteiger partial charge in [-0.1, -0.05) is 72.8 Å². The van der Waals surface area contributed by atoms with Gasteiger partial charge in [0.2, 0.25) is 0 Å². The van der Waals surface area contributed by atoms with Crippen molar-refractivity contribution in [1.82, 2.24) is 0 Å². The minimum absolute atomic E-state index is 0.826. The zero-order valence-electron chi connectivity index (χ0n) is 16.2. The Labute approximate surface area is 187 Å². The fourth-order valence-corrected chi connectivity index (χ4v) is 3.53. The molecule has 0 radical (unpaired) electrons. The van der Waals surface area contributed by atoms with E-state index in [0.717, 1.165) is 43.4 Å². The normalized spacial score (nSPS) is 11.4. The smallest absolute Gasteiger partial charge is 0.0763 e. The maximum atomic E-state index is 4.63. The summed E-state index contributed by atoms with van der Waals surface area (Å²) in [4.78, 5) is 10.8. The van der Waals surface area contributed by atoms with Crippen LogP contribution in [0.4, 0.5) is 11.4 Å². The van der Waals surface area contributed by atoms with Gasteiger partial charge in [0, 0.05) is 22.2 Å². The molecule has 0 N–H and O–H groups in total. The lowest BCUT2D eigenvalue weighted by atomic mass is 10.0. The van der Waals surface area contributed by atoms with Gasteiger partial charge in [-0.2, -0.15) is 0 Å². The Bertz CT molecular complexity index is 1100. The molecule has 0 aliphatic rings. The third-order valence-electron chi connectivity index (χ3n) is 4.59. The van der Waals surface area contributed by atoms with Crippen LogP contribution in [0, 0.1) is 0 Å². The first-order chi connectivity index (χ1) is 14.7. The predicted octanol–water partition coefficient (Wildman–Crippen LogP) is 7.43. The average molecular weight is 425 g/mol. The molecular weight excluding hydrogens is 404 g/mol. The molecule has 0 heterocycles. The second-order valence-corrected chi connectivity index (χ2v) is 7.71. The number of nitrogens with zero attached hydrogens (tertiary/aromatic N) is 2. The minimum atomic E-state index is 0.826. The molecule has 146 valence electrons. The average Bonchev–Trinajstić information content (AvgIpc) is 2.79. The van der Waals surface area contributed by atoms with Crippen molar-refractivity contribution in [2.45, 2.75) is 9.79 Å². The van der Waals surface area contributed by atoms with Crippen LogP contribution in [0.3, 0.4) is 0 Å². The Balaban J connectivity index is 1.54. The van der Waals surface area contributed by atoms with E-state index in [2.05, 4.69) is 35.2 Å². The first-order valence-electron chi connectivity index (χ1n) is 9.54. The number of benzene rings is 4. The van der Waals surface area contributed by atoms with Crippen LogP contribution in [0.15, 0.2) is 117 Å².